The number of rotatable bonds is 6. The van der Waals surface area contributed by atoms with Gasteiger partial charge in [0.25, 0.3) is 5.69 Å². The number of aliphatic carboxylic acids is 1. The molecule has 0 spiro atoms. The average Bonchev–Trinajstić information content (AvgIpc) is 2.31. The number of nitro benzene ring substituents is 1. The molecule has 108 valence electrons. The van der Waals surface area contributed by atoms with Crippen LogP contribution in [0.1, 0.15) is 31.2 Å². The molecule has 1 aromatic rings. The predicted molar refractivity (Wildman–Crippen MR) is 74.9 cm³/mol. The summed E-state index contributed by atoms with van der Waals surface area (Å²) in [5.74, 6) is -0.790. The second kappa shape index (κ2) is 5.48. The van der Waals surface area contributed by atoms with Gasteiger partial charge in [0.2, 0.25) is 0 Å². The minimum Gasteiger partial charge on any atom is -0.481 e. The zero-order valence-corrected chi connectivity index (χ0v) is 11.4. The number of nitrogens with zero attached hydrogens (tertiary/aromatic N) is 1. The monoisotopic (exact) mass is 278 g/mol. The molecular formula is C14H18N2O4. The fourth-order valence-electron chi connectivity index (χ4n) is 2.67. The van der Waals surface area contributed by atoms with Gasteiger partial charge in [0.1, 0.15) is 0 Å². The van der Waals surface area contributed by atoms with Crippen molar-refractivity contribution in [1.82, 2.24) is 0 Å². The van der Waals surface area contributed by atoms with E-state index in [0.717, 1.165) is 24.8 Å². The van der Waals surface area contributed by atoms with Crippen LogP contribution in [-0.4, -0.2) is 22.5 Å². The maximum Gasteiger partial charge on any atom is 0.303 e. The maximum absolute atomic E-state index is 10.9. The van der Waals surface area contributed by atoms with E-state index in [1.54, 1.807) is 6.92 Å². The highest BCUT2D eigenvalue weighted by Gasteiger charge is 2.38. The molecule has 0 heterocycles. The number of benzene rings is 1. The number of hydrogen-bond acceptors (Lipinski definition) is 4. The number of nitro groups is 1. The van der Waals surface area contributed by atoms with Crippen LogP contribution in [0.2, 0.25) is 0 Å². The molecule has 1 aliphatic rings. The Kier molecular flexibility index (Phi) is 3.92. The van der Waals surface area contributed by atoms with Crippen molar-refractivity contribution in [3.8, 4) is 0 Å². The number of nitrogens with one attached hydrogen (secondary N) is 1. The van der Waals surface area contributed by atoms with Gasteiger partial charge in [-0.15, -0.1) is 0 Å². The number of hydrogen-bond donors (Lipinski definition) is 2. The highest BCUT2D eigenvalue weighted by Crippen LogP contribution is 2.44. The summed E-state index contributed by atoms with van der Waals surface area (Å²) in [6.45, 7) is 2.34. The Labute approximate surface area is 117 Å². The molecule has 0 atom stereocenters. The Morgan fingerprint density at radius 2 is 2.15 bits per heavy atom. The molecule has 0 saturated heterocycles. The third kappa shape index (κ3) is 3.26. The van der Waals surface area contributed by atoms with Gasteiger partial charge in [-0.2, -0.15) is 0 Å². The van der Waals surface area contributed by atoms with Gasteiger partial charge in [-0.05, 0) is 36.8 Å². The second-order valence-corrected chi connectivity index (χ2v) is 5.59. The number of anilines is 1. The van der Waals surface area contributed by atoms with Crippen LogP contribution in [0.25, 0.3) is 0 Å². The van der Waals surface area contributed by atoms with Gasteiger partial charge in [0.05, 0.1) is 11.3 Å². The number of non-ortho nitro benzene ring substituents is 1. The molecule has 1 saturated carbocycles. The van der Waals surface area contributed by atoms with Gasteiger partial charge < -0.3 is 10.4 Å². The molecule has 0 aromatic heterocycles. The highest BCUT2D eigenvalue weighted by molar-refractivity contribution is 5.68. The molecule has 0 aliphatic heterocycles. The number of aryl methyl sites for hydroxylation is 1. The van der Waals surface area contributed by atoms with Gasteiger partial charge in [-0.25, -0.2) is 0 Å². The van der Waals surface area contributed by atoms with Gasteiger partial charge in [-0.3, -0.25) is 14.9 Å². The largest absolute Gasteiger partial charge is 0.481 e. The SMILES string of the molecule is Cc1cc(NCC2(CC(=O)O)CCC2)cc([N+](=O)[O-])c1. The van der Waals surface area contributed by atoms with E-state index in [1.807, 2.05) is 6.07 Å². The van der Waals surface area contributed by atoms with Crippen molar-refractivity contribution >= 4 is 17.3 Å². The van der Waals surface area contributed by atoms with E-state index in [4.69, 9.17) is 5.11 Å². The standard InChI is InChI=1S/C14H18N2O4/c1-10-5-11(7-12(6-10)16(19)20)15-9-14(3-2-4-14)8-13(17)18/h5-7,15H,2-4,8-9H2,1H3,(H,17,18). The van der Waals surface area contributed by atoms with E-state index < -0.39 is 10.9 Å². The van der Waals surface area contributed by atoms with Crippen molar-refractivity contribution in [3.63, 3.8) is 0 Å². The molecule has 0 amide bonds. The van der Waals surface area contributed by atoms with Gasteiger partial charge >= 0.3 is 5.97 Å². The fraction of sp³-hybridized carbons (Fsp3) is 0.500. The first-order valence-electron chi connectivity index (χ1n) is 6.62. The Hall–Kier alpha value is -2.11. The fourth-order valence-corrected chi connectivity index (χ4v) is 2.67. The molecular weight excluding hydrogens is 260 g/mol. The Morgan fingerprint density at radius 1 is 1.45 bits per heavy atom. The smallest absolute Gasteiger partial charge is 0.303 e. The third-order valence-electron chi connectivity index (χ3n) is 3.88. The molecule has 1 aromatic carbocycles. The Balaban J connectivity index is 2.06. The summed E-state index contributed by atoms with van der Waals surface area (Å²) in [5, 5.41) is 22.9. The van der Waals surface area contributed by atoms with Crippen LogP contribution >= 0.6 is 0 Å². The van der Waals surface area contributed by atoms with Crippen molar-refractivity contribution < 1.29 is 14.8 Å². The molecule has 6 nitrogen and oxygen atoms in total. The van der Waals surface area contributed by atoms with E-state index in [0.29, 0.717) is 12.2 Å². The molecule has 0 radical (unpaired) electrons. The summed E-state index contributed by atoms with van der Waals surface area (Å²) in [6, 6.07) is 4.84. The zero-order valence-electron chi connectivity index (χ0n) is 11.4. The summed E-state index contributed by atoms with van der Waals surface area (Å²) in [4.78, 5) is 21.3. The van der Waals surface area contributed by atoms with E-state index in [2.05, 4.69) is 5.32 Å². The normalized spacial score (nSPS) is 16.2. The molecule has 2 N–H and O–H groups in total. The van der Waals surface area contributed by atoms with Crippen LogP contribution in [-0.2, 0) is 4.79 Å². The van der Waals surface area contributed by atoms with E-state index in [9.17, 15) is 14.9 Å². The lowest BCUT2D eigenvalue weighted by Gasteiger charge is -2.41. The second-order valence-electron chi connectivity index (χ2n) is 5.59. The van der Waals surface area contributed by atoms with Crippen LogP contribution in [0.4, 0.5) is 11.4 Å². The van der Waals surface area contributed by atoms with Crippen LogP contribution in [0, 0.1) is 22.5 Å². The van der Waals surface area contributed by atoms with Crippen molar-refractivity contribution in [3.05, 3.63) is 33.9 Å². The van der Waals surface area contributed by atoms with Gasteiger partial charge in [0.15, 0.2) is 0 Å². The van der Waals surface area contributed by atoms with Crippen LogP contribution in [0.3, 0.4) is 0 Å². The lowest BCUT2D eigenvalue weighted by Crippen LogP contribution is -2.38. The summed E-state index contributed by atoms with van der Waals surface area (Å²) >= 11 is 0. The van der Waals surface area contributed by atoms with E-state index in [-0.39, 0.29) is 17.5 Å². The van der Waals surface area contributed by atoms with Crippen molar-refractivity contribution in [2.24, 2.45) is 5.41 Å². The molecule has 6 heteroatoms. The Bertz CT molecular complexity index is 538. The summed E-state index contributed by atoms with van der Waals surface area (Å²) in [7, 11) is 0. The first kappa shape index (κ1) is 14.3. The lowest BCUT2D eigenvalue weighted by atomic mass is 9.66. The van der Waals surface area contributed by atoms with E-state index in [1.165, 1.54) is 12.1 Å². The molecule has 0 unspecified atom stereocenters. The average molecular weight is 278 g/mol. The molecule has 0 bridgehead atoms. The summed E-state index contributed by atoms with van der Waals surface area (Å²) in [6.07, 6.45) is 2.97. The van der Waals surface area contributed by atoms with Crippen LogP contribution in [0.5, 0.6) is 0 Å². The zero-order chi connectivity index (χ0) is 14.8. The first-order chi connectivity index (χ1) is 9.40. The first-order valence-corrected chi connectivity index (χ1v) is 6.62. The van der Waals surface area contributed by atoms with Crippen molar-refractivity contribution in [2.75, 3.05) is 11.9 Å². The highest BCUT2D eigenvalue weighted by atomic mass is 16.6. The minimum atomic E-state index is -0.790. The van der Waals surface area contributed by atoms with Crippen molar-refractivity contribution in [2.45, 2.75) is 32.6 Å². The van der Waals surface area contributed by atoms with Crippen LogP contribution < -0.4 is 5.32 Å². The van der Waals surface area contributed by atoms with Crippen molar-refractivity contribution in [1.29, 1.82) is 0 Å². The summed E-state index contributed by atoms with van der Waals surface area (Å²) < 4.78 is 0. The molecule has 1 fully saturated rings. The van der Waals surface area contributed by atoms with Gasteiger partial charge in [0, 0.05) is 24.4 Å². The maximum atomic E-state index is 10.9. The Morgan fingerprint density at radius 3 is 2.65 bits per heavy atom. The topological polar surface area (TPSA) is 92.5 Å². The molecule has 2 rings (SSSR count). The third-order valence-corrected chi connectivity index (χ3v) is 3.88. The quantitative estimate of drug-likeness (QED) is 0.616. The van der Waals surface area contributed by atoms with E-state index >= 15 is 0 Å². The molecule has 1 aliphatic carbocycles. The minimum absolute atomic E-state index is 0.0494. The number of carboxylic acid groups (broad SMARTS) is 1. The predicted octanol–water partition coefficient (Wildman–Crippen LogP) is 2.96. The van der Waals surface area contributed by atoms with Crippen LogP contribution in [0.15, 0.2) is 18.2 Å². The lowest BCUT2D eigenvalue weighted by molar-refractivity contribution is -0.384. The van der Waals surface area contributed by atoms with Gasteiger partial charge in [-0.1, -0.05) is 6.42 Å². The summed E-state index contributed by atoms with van der Waals surface area (Å²) in [5.41, 5.74) is 1.33. The number of carbonyl (C=O) groups is 1. The molecule has 20 heavy (non-hydrogen) atoms. The number of carboxylic acids is 1.